The van der Waals surface area contributed by atoms with Gasteiger partial charge in [0.2, 0.25) is 5.82 Å². The standard InChI is InChI=1S/C20H29N7O/c1-13-14(2)22-17(20(28)25(3)4)24-18(13)27-10-7-15(12-27)23-16-6-5-9-26-11-8-21-19(16)26/h8,11,15-16,23H,5-7,9-10,12H2,1-4H3/t15-,16?/m1/s1. The van der Waals surface area contributed by atoms with E-state index in [2.05, 4.69) is 35.9 Å². The van der Waals surface area contributed by atoms with Gasteiger partial charge in [0.15, 0.2) is 0 Å². The summed E-state index contributed by atoms with van der Waals surface area (Å²) in [6.45, 7) is 6.84. The van der Waals surface area contributed by atoms with Crippen molar-refractivity contribution < 1.29 is 4.79 Å². The predicted octanol–water partition coefficient (Wildman–Crippen LogP) is 1.70. The van der Waals surface area contributed by atoms with Crippen LogP contribution in [0.2, 0.25) is 0 Å². The van der Waals surface area contributed by atoms with Crippen LogP contribution in [0.25, 0.3) is 0 Å². The van der Waals surface area contributed by atoms with Crippen LogP contribution in [-0.2, 0) is 6.54 Å². The van der Waals surface area contributed by atoms with Crippen molar-refractivity contribution in [1.82, 2.24) is 29.7 Å². The highest BCUT2D eigenvalue weighted by atomic mass is 16.2. The Morgan fingerprint density at radius 3 is 2.82 bits per heavy atom. The van der Waals surface area contributed by atoms with Gasteiger partial charge in [-0.3, -0.25) is 4.79 Å². The zero-order chi connectivity index (χ0) is 19.8. The Morgan fingerprint density at radius 1 is 1.21 bits per heavy atom. The van der Waals surface area contributed by atoms with Crippen molar-refractivity contribution in [3.8, 4) is 0 Å². The number of carbonyl (C=O) groups excluding carboxylic acids is 1. The Bertz CT molecular complexity index is 875. The average molecular weight is 384 g/mol. The molecule has 28 heavy (non-hydrogen) atoms. The Labute approximate surface area is 166 Å². The number of aryl methyl sites for hydroxylation is 2. The fourth-order valence-electron chi connectivity index (χ4n) is 4.16. The maximum Gasteiger partial charge on any atom is 0.291 e. The lowest BCUT2D eigenvalue weighted by atomic mass is 10.1. The van der Waals surface area contributed by atoms with Crippen LogP contribution >= 0.6 is 0 Å². The number of amides is 1. The van der Waals surface area contributed by atoms with E-state index in [1.54, 1.807) is 14.1 Å². The molecule has 4 rings (SSSR count). The van der Waals surface area contributed by atoms with Gasteiger partial charge < -0.3 is 19.7 Å². The number of rotatable bonds is 4. The van der Waals surface area contributed by atoms with Gasteiger partial charge in [-0.2, -0.15) is 0 Å². The quantitative estimate of drug-likeness (QED) is 0.866. The first kappa shape index (κ1) is 18.9. The number of fused-ring (bicyclic) bond motifs is 1. The minimum absolute atomic E-state index is 0.160. The Kier molecular flexibility index (Phi) is 5.05. The molecule has 2 aliphatic rings. The van der Waals surface area contributed by atoms with E-state index in [0.29, 0.717) is 12.1 Å². The van der Waals surface area contributed by atoms with Crippen molar-refractivity contribution in [2.24, 2.45) is 0 Å². The molecule has 8 nitrogen and oxygen atoms in total. The second-order valence-corrected chi connectivity index (χ2v) is 8.05. The molecule has 1 unspecified atom stereocenters. The van der Waals surface area contributed by atoms with Crippen LogP contribution in [-0.4, -0.2) is 63.6 Å². The first-order valence-corrected chi connectivity index (χ1v) is 10.0. The highest BCUT2D eigenvalue weighted by Gasteiger charge is 2.30. The molecular formula is C20H29N7O. The summed E-state index contributed by atoms with van der Waals surface area (Å²) >= 11 is 0. The maximum atomic E-state index is 12.4. The van der Waals surface area contributed by atoms with E-state index >= 15 is 0 Å². The van der Waals surface area contributed by atoms with Gasteiger partial charge in [-0.05, 0) is 33.1 Å². The van der Waals surface area contributed by atoms with Gasteiger partial charge in [-0.1, -0.05) is 0 Å². The molecule has 2 aromatic heterocycles. The number of aromatic nitrogens is 4. The van der Waals surface area contributed by atoms with Crippen molar-refractivity contribution in [1.29, 1.82) is 0 Å². The number of imidazole rings is 1. The number of carbonyl (C=O) groups is 1. The molecule has 1 fully saturated rings. The summed E-state index contributed by atoms with van der Waals surface area (Å²) in [6, 6.07) is 0.698. The monoisotopic (exact) mass is 383 g/mol. The van der Waals surface area contributed by atoms with Crippen LogP contribution < -0.4 is 10.2 Å². The van der Waals surface area contributed by atoms with E-state index in [0.717, 1.165) is 55.4 Å². The predicted molar refractivity (Wildman–Crippen MR) is 107 cm³/mol. The SMILES string of the molecule is Cc1nc(C(=O)N(C)C)nc(N2CC[C@@H](NC3CCCn4ccnc43)C2)c1C. The van der Waals surface area contributed by atoms with E-state index in [4.69, 9.17) is 0 Å². The average Bonchev–Trinajstić information content (AvgIpc) is 3.33. The summed E-state index contributed by atoms with van der Waals surface area (Å²) in [5.41, 5.74) is 1.91. The minimum Gasteiger partial charge on any atom is -0.355 e. The van der Waals surface area contributed by atoms with Gasteiger partial charge >= 0.3 is 0 Å². The van der Waals surface area contributed by atoms with Gasteiger partial charge in [0.25, 0.3) is 5.91 Å². The third-order valence-electron chi connectivity index (χ3n) is 5.84. The Hall–Kier alpha value is -2.48. The van der Waals surface area contributed by atoms with E-state index in [-0.39, 0.29) is 11.7 Å². The van der Waals surface area contributed by atoms with Crippen LogP contribution in [0.5, 0.6) is 0 Å². The molecule has 1 saturated heterocycles. The van der Waals surface area contributed by atoms with Crippen molar-refractivity contribution in [2.75, 3.05) is 32.1 Å². The molecule has 0 bridgehead atoms. The normalized spacial score (nSPS) is 21.6. The molecule has 8 heteroatoms. The molecule has 2 aromatic rings. The van der Waals surface area contributed by atoms with Crippen LogP contribution in [0.15, 0.2) is 12.4 Å². The summed E-state index contributed by atoms with van der Waals surface area (Å²) in [7, 11) is 3.45. The Balaban J connectivity index is 1.50. The molecule has 2 aliphatic heterocycles. The summed E-state index contributed by atoms with van der Waals surface area (Å²) < 4.78 is 2.25. The van der Waals surface area contributed by atoms with Crippen molar-refractivity contribution in [3.05, 3.63) is 35.3 Å². The van der Waals surface area contributed by atoms with E-state index in [1.165, 1.54) is 11.3 Å². The van der Waals surface area contributed by atoms with Crippen LogP contribution in [0.3, 0.4) is 0 Å². The lowest BCUT2D eigenvalue weighted by Gasteiger charge is -2.27. The van der Waals surface area contributed by atoms with Crippen LogP contribution in [0, 0.1) is 13.8 Å². The molecule has 0 saturated carbocycles. The molecule has 0 spiro atoms. The van der Waals surface area contributed by atoms with Gasteiger partial charge in [0, 0.05) is 63.4 Å². The first-order chi connectivity index (χ1) is 13.4. The topological polar surface area (TPSA) is 79.2 Å². The molecule has 1 N–H and O–H groups in total. The molecule has 0 aromatic carbocycles. The number of hydrogen-bond donors (Lipinski definition) is 1. The first-order valence-electron chi connectivity index (χ1n) is 10.0. The fraction of sp³-hybridized carbons (Fsp3) is 0.600. The number of nitrogens with one attached hydrogen (secondary N) is 1. The van der Waals surface area contributed by atoms with Crippen molar-refractivity contribution >= 4 is 11.7 Å². The van der Waals surface area contributed by atoms with E-state index in [9.17, 15) is 4.79 Å². The summed E-state index contributed by atoms with van der Waals surface area (Å²) in [6.07, 6.45) is 7.32. The van der Waals surface area contributed by atoms with Crippen molar-refractivity contribution in [2.45, 2.75) is 51.7 Å². The molecule has 1 amide bonds. The summed E-state index contributed by atoms with van der Waals surface area (Å²) in [4.78, 5) is 29.7. The molecule has 4 heterocycles. The fourth-order valence-corrected chi connectivity index (χ4v) is 4.16. The molecule has 2 atom stereocenters. The van der Waals surface area contributed by atoms with E-state index in [1.807, 2.05) is 20.0 Å². The highest BCUT2D eigenvalue weighted by Crippen LogP contribution is 2.28. The van der Waals surface area contributed by atoms with Gasteiger partial charge in [0.05, 0.1) is 6.04 Å². The smallest absolute Gasteiger partial charge is 0.291 e. The largest absolute Gasteiger partial charge is 0.355 e. The van der Waals surface area contributed by atoms with E-state index < -0.39 is 0 Å². The second kappa shape index (κ2) is 7.50. The molecular weight excluding hydrogens is 354 g/mol. The molecule has 150 valence electrons. The highest BCUT2D eigenvalue weighted by molar-refractivity contribution is 5.90. The third kappa shape index (κ3) is 3.48. The number of hydrogen-bond acceptors (Lipinski definition) is 6. The third-order valence-corrected chi connectivity index (χ3v) is 5.84. The molecule has 0 aliphatic carbocycles. The van der Waals surface area contributed by atoms with Gasteiger partial charge in [-0.25, -0.2) is 15.0 Å². The van der Waals surface area contributed by atoms with Crippen LogP contribution in [0.1, 0.15) is 53.0 Å². The van der Waals surface area contributed by atoms with Gasteiger partial charge in [0.1, 0.15) is 11.6 Å². The lowest BCUT2D eigenvalue weighted by Crippen LogP contribution is -2.38. The van der Waals surface area contributed by atoms with Crippen molar-refractivity contribution in [3.63, 3.8) is 0 Å². The maximum absolute atomic E-state index is 12.4. The zero-order valence-corrected chi connectivity index (χ0v) is 17.1. The second-order valence-electron chi connectivity index (χ2n) is 8.05. The number of nitrogens with zero attached hydrogens (tertiary/aromatic N) is 6. The summed E-state index contributed by atoms with van der Waals surface area (Å²) in [5, 5.41) is 3.81. The Morgan fingerprint density at radius 2 is 2.04 bits per heavy atom. The minimum atomic E-state index is -0.160. The van der Waals surface area contributed by atoms with Gasteiger partial charge in [-0.15, -0.1) is 0 Å². The summed E-state index contributed by atoms with van der Waals surface area (Å²) in [5.74, 6) is 2.14. The number of anilines is 1. The lowest BCUT2D eigenvalue weighted by molar-refractivity contribution is 0.0815. The molecule has 0 radical (unpaired) electrons. The zero-order valence-electron chi connectivity index (χ0n) is 17.1. The van der Waals surface area contributed by atoms with Crippen LogP contribution in [0.4, 0.5) is 5.82 Å².